The lowest BCUT2D eigenvalue weighted by atomic mass is 9.79. The number of carboxylic acids is 1. The van der Waals surface area contributed by atoms with Crippen LogP contribution in [0.15, 0.2) is 24.3 Å². The van der Waals surface area contributed by atoms with Crippen LogP contribution in [-0.2, 0) is 14.3 Å². The highest BCUT2D eigenvalue weighted by molar-refractivity contribution is 5.87. The maximum atomic E-state index is 11.8. The van der Waals surface area contributed by atoms with Gasteiger partial charge in [-0.15, -0.1) is 0 Å². The summed E-state index contributed by atoms with van der Waals surface area (Å²) in [5, 5.41) is 57.1. The number of carbonyl (C=O) groups is 2. The number of aromatic hydroxyl groups is 2. The van der Waals surface area contributed by atoms with Gasteiger partial charge in [0.2, 0.25) is 0 Å². The molecule has 1 aliphatic rings. The molecule has 2 atom stereocenters. The van der Waals surface area contributed by atoms with Gasteiger partial charge in [0.1, 0.15) is 0 Å². The molecule has 2 rings (SSSR count). The summed E-state index contributed by atoms with van der Waals surface area (Å²) in [6.45, 7) is 0. The molecule has 0 aromatic heterocycles. The van der Waals surface area contributed by atoms with Crippen LogP contribution in [0.5, 0.6) is 11.5 Å². The SMILES string of the molecule is O=C(/C=C/c1ccc(O)c(O)c1)OC1C(O)CC(O)(C(=O)O)CC1O. The number of aliphatic hydroxyl groups excluding tert-OH is 2. The number of benzene rings is 1. The number of ether oxygens (including phenoxy) is 1. The smallest absolute Gasteiger partial charge is 0.335 e. The molecular weight excluding hydrogens is 336 g/mol. The van der Waals surface area contributed by atoms with Crippen LogP contribution >= 0.6 is 0 Å². The van der Waals surface area contributed by atoms with E-state index < -0.39 is 48.7 Å². The molecule has 136 valence electrons. The molecular formula is C16H18O9. The molecule has 1 aromatic carbocycles. The van der Waals surface area contributed by atoms with Crippen molar-refractivity contribution in [3.05, 3.63) is 29.8 Å². The van der Waals surface area contributed by atoms with Crippen LogP contribution in [0.2, 0.25) is 0 Å². The fraction of sp³-hybridized carbons (Fsp3) is 0.375. The van der Waals surface area contributed by atoms with Crippen molar-refractivity contribution in [2.45, 2.75) is 36.8 Å². The van der Waals surface area contributed by atoms with E-state index in [1.807, 2.05) is 0 Å². The second kappa shape index (κ2) is 7.09. The summed E-state index contributed by atoms with van der Waals surface area (Å²) in [5.74, 6) is -3.19. The fourth-order valence-corrected chi connectivity index (χ4v) is 2.58. The molecule has 9 nitrogen and oxygen atoms in total. The number of carbonyl (C=O) groups excluding carboxylic acids is 1. The Kier molecular flexibility index (Phi) is 5.31. The maximum absolute atomic E-state index is 11.8. The molecule has 0 bridgehead atoms. The van der Waals surface area contributed by atoms with Crippen molar-refractivity contribution < 1.29 is 45.0 Å². The van der Waals surface area contributed by atoms with Crippen LogP contribution in [0.1, 0.15) is 18.4 Å². The van der Waals surface area contributed by atoms with E-state index in [-0.39, 0.29) is 11.5 Å². The highest BCUT2D eigenvalue weighted by atomic mass is 16.6. The largest absolute Gasteiger partial charge is 0.504 e. The average Bonchev–Trinajstić information content (AvgIpc) is 2.52. The molecule has 1 aromatic rings. The van der Waals surface area contributed by atoms with Gasteiger partial charge in [0.25, 0.3) is 0 Å². The highest BCUT2D eigenvalue weighted by Gasteiger charge is 2.50. The van der Waals surface area contributed by atoms with Crippen LogP contribution in [0.4, 0.5) is 0 Å². The highest BCUT2D eigenvalue weighted by Crippen LogP contribution is 2.31. The predicted octanol–water partition coefficient (Wildman–Crippen LogP) is -0.646. The Bertz CT molecular complexity index is 685. The lowest BCUT2D eigenvalue weighted by molar-refractivity contribution is -0.196. The van der Waals surface area contributed by atoms with Crippen molar-refractivity contribution in [1.29, 1.82) is 0 Å². The molecule has 0 saturated heterocycles. The van der Waals surface area contributed by atoms with Crippen molar-refractivity contribution in [2.75, 3.05) is 0 Å². The van der Waals surface area contributed by atoms with Crippen molar-refractivity contribution in [2.24, 2.45) is 0 Å². The number of hydrogen-bond donors (Lipinski definition) is 6. The van der Waals surface area contributed by atoms with Gasteiger partial charge in [0.15, 0.2) is 23.2 Å². The molecule has 25 heavy (non-hydrogen) atoms. The molecule has 0 heterocycles. The molecule has 2 unspecified atom stereocenters. The van der Waals surface area contributed by atoms with E-state index in [1.165, 1.54) is 24.3 Å². The molecule has 1 aliphatic carbocycles. The Morgan fingerprint density at radius 1 is 1.12 bits per heavy atom. The number of hydrogen-bond acceptors (Lipinski definition) is 8. The third-order valence-electron chi connectivity index (χ3n) is 3.91. The average molecular weight is 354 g/mol. The van der Waals surface area contributed by atoms with E-state index in [4.69, 9.17) is 9.84 Å². The van der Waals surface area contributed by atoms with Crippen LogP contribution in [0, 0.1) is 0 Å². The molecule has 6 N–H and O–H groups in total. The number of esters is 1. The Labute approximate surface area is 142 Å². The van der Waals surface area contributed by atoms with Crippen LogP contribution < -0.4 is 0 Å². The number of aliphatic hydroxyl groups is 3. The minimum absolute atomic E-state index is 0.320. The van der Waals surface area contributed by atoms with Crippen LogP contribution in [0.3, 0.4) is 0 Å². The first-order valence-electron chi connectivity index (χ1n) is 7.35. The summed E-state index contributed by atoms with van der Waals surface area (Å²) in [5.41, 5.74) is -1.90. The second-order valence-corrected chi connectivity index (χ2v) is 5.86. The van der Waals surface area contributed by atoms with Gasteiger partial charge in [-0.1, -0.05) is 6.07 Å². The fourth-order valence-electron chi connectivity index (χ4n) is 2.58. The Morgan fingerprint density at radius 3 is 2.24 bits per heavy atom. The zero-order valence-electron chi connectivity index (χ0n) is 12.9. The van der Waals surface area contributed by atoms with Gasteiger partial charge in [0, 0.05) is 18.9 Å². The van der Waals surface area contributed by atoms with Gasteiger partial charge in [0.05, 0.1) is 12.2 Å². The molecule has 0 spiro atoms. The first-order valence-corrected chi connectivity index (χ1v) is 7.35. The third-order valence-corrected chi connectivity index (χ3v) is 3.91. The third kappa shape index (κ3) is 4.27. The minimum atomic E-state index is -2.29. The quantitative estimate of drug-likeness (QED) is 0.234. The molecule has 1 saturated carbocycles. The lowest BCUT2D eigenvalue weighted by Crippen LogP contribution is -2.57. The van der Waals surface area contributed by atoms with E-state index in [2.05, 4.69) is 0 Å². The van der Waals surface area contributed by atoms with Crippen molar-refractivity contribution in [3.8, 4) is 11.5 Å². The van der Waals surface area contributed by atoms with Crippen molar-refractivity contribution >= 4 is 18.0 Å². The predicted molar refractivity (Wildman–Crippen MR) is 82.5 cm³/mol. The Hall–Kier alpha value is -2.62. The molecule has 1 fully saturated rings. The zero-order valence-corrected chi connectivity index (χ0v) is 12.9. The number of phenols is 2. The van der Waals surface area contributed by atoms with Crippen LogP contribution in [-0.4, -0.2) is 66.5 Å². The number of phenolic OH excluding ortho intramolecular Hbond substituents is 2. The molecule has 0 aliphatic heterocycles. The Balaban J connectivity index is 2.01. The molecule has 0 amide bonds. The van der Waals surface area contributed by atoms with Gasteiger partial charge in [-0.2, -0.15) is 0 Å². The number of rotatable bonds is 4. The second-order valence-electron chi connectivity index (χ2n) is 5.86. The summed E-state index contributed by atoms with van der Waals surface area (Å²) in [7, 11) is 0. The van der Waals surface area contributed by atoms with Gasteiger partial charge < -0.3 is 35.4 Å². The summed E-state index contributed by atoms with van der Waals surface area (Å²) < 4.78 is 4.92. The maximum Gasteiger partial charge on any atom is 0.335 e. The van der Waals surface area contributed by atoms with E-state index in [1.54, 1.807) is 0 Å². The first-order chi connectivity index (χ1) is 11.6. The van der Waals surface area contributed by atoms with Crippen molar-refractivity contribution in [3.63, 3.8) is 0 Å². The van der Waals surface area contributed by atoms with E-state index >= 15 is 0 Å². The summed E-state index contributed by atoms with van der Waals surface area (Å²) in [6, 6.07) is 3.86. The standard InChI is InChI=1S/C16H18O9/c17-9-3-1-8(5-10(9)18)2-4-13(21)25-14-11(19)6-16(24,15(22)23)7-12(14)20/h1-5,11-12,14,17-20,24H,6-7H2,(H,22,23)/b4-2+. The first kappa shape index (κ1) is 18.7. The Morgan fingerprint density at radius 2 is 1.72 bits per heavy atom. The van der Waals surface area contributed by atoms with Gasteiger partial charge >= 0.3 is 11.9 Å². The lowest BCUT2D eigenvalue weighted by Gasteiger charge is -2.39. The van der Waals surface area contributed by atoms with E-state index in [9.17, 15) is 35.1 Å². The van der Waals surface area contributed by atoms with Crippen molar-refractivity contribution in [1.82, 2.24) is 0 Å². The monoisotopic (exact) mass is 354 g/mol. The minimum Gasteiger partial charge on any atom is -0.504 e. The molecule has 0 radical (unpaired) electrons. The van der Waals surface area contributed by atoms with E-state index in [0.29, 0.717) is 5.56 Å². The topological polar surface area (TPSA) is 165 Å². The van der Waals surface area contributed by atoms with Gasteiger partial charge in [-0.3, -0.25) is 0 Å². The normalized spacial score (nSPS) is 29.5. The number of carboxylic acid groups (broad SMARTS) is 1. The summed E-state index contributed by atoms with van der Waals surface area (Å²) in [6.07, 6.45) is -3.43. The van der Waals surface area contributed by atoms with Gasteiger partial charge in [-0.05, 0) is 23.8 Å². The zero-order chi connectivity index (χ0) is 18.8. The number of aliphatic carboxylic acids is 1. The summed E-state index contributed by atoms with van der Waals surface area (Å²) >= 11 is 0. The summed E-state index contributed by atoms with van der Waals surface area (Å²) in [4.78, 5) is 22.8. The van der Waals surface area contributed by atoms with Gasteiger partial charge in [-0.25, -0.2) is 9.59 Å². The van der Waals surface area contributed by atoms with E-state index in [0.717, 1.165) is 6.08 Å². The molecule has 9 heteroatoms. The van der Waals surface area contributed by atoms with Crippen LogP contribution in [0.25, 0.3) is 6.08 Å².